The van der Waals surface area contributed by atoms with Crippen molar-refractivity contribution >= 4 is 28.6 Å². The molecule has 0 radical (unpaired) electrons. The van der Waals surface area contributed by atoms with Gasteiger partial charge in [-0.25, -0.2) is 4.98 Å². The second-order valence-electron chi connectivity index (χ2n) is 5.54. The van der Waals surface area contributed by atoms with Crippen LogP contribution in [0.3, 0.4) is 0 Å². The van der Waals surface area contributed by atoms with Crippen LogP contribution in [0.1, 0.15) is 29.5 Å². The first-order valence-electron chi connectivity index (χ1n) is 7.75. The molecule has 118 valence electrons. The van der Waals surface area contributed by atoms with E-state index in [1.165, 1.54) is 16.1 Å². The highest BCUT2D eigenvalue weighted by atomic mass is 35.5. The predicted octanol–water partition coefficient (Wildman–Crippen LogP) is 5.59. The van der Waals surface area contributed by atoms with Crippen LogP contribution < -0.4 is 5.73 Å². The van der Waals surface area contributed by atoms with Crippen molar-refractivity contribution in [2.24, 2.45) is 0 Å². The van der Waals surface area contributed by atoms with E-state index in [1.807, 2.05) is 36.4 Å². The van der Waals surface area contributed by atoms with E-state index < -0.39 is 0 Å². The lowest BCUT2D eigenvalue weighted by molar-refractivity contribution is 0.879. The molecule has 1 heterocycles. The molecule has 0 aliphatic heterocycles. The standard InChI is InChI=1S/C19H19ClN2S/c1-2-5-17-18(12-13-8-10-14(21)11-9-13)23-19(22-17)15-6-3-4-7-16(15)20/h3-4,6-11H,2,5,12,21H2,1H3. The quantitative estimate of drug-likeness (QED) is 0.614. The third-order valence-electron chi connectivity index (χ3n) is 3.71. The van der Waals surface area contributed by atoms with E-state index in [1.54, 1.807) is 11.3 Å². The molecule has 3 rings (SSSR count). The summed E-state index contributed by atoms with van der Waals surface area (Å²) in [6, 6.07) is 16.0. The molecule has 0 unspecified atom stereocenters. The van der Waals surface area contributed by atoms with Crippen LogP contribution in [0.2, 0.25) is 5.02 Å². The van der Waals surface area contributed by atoms with Gasteiger partial charge in [-0.15, -0.1) is 11.3 Å². The Morgan fingerprint density at radius 3 is 2.52 bits per heavy atom. The van der Waals surface area contributed by atoms with Crippen LogP contribution in [-0.2, 0) is 12.8 Å². The fraction of sp³-hybridized carbons (Fsp3) is 0.211. The van der Waals surface area contributed by atoms with Crippen molar-refractivity contribution in [3.63, 3.8) is 0 Å². The number of benzene rings is 2. The largest absolute Gasteiger partial charge is 0.399 e. The molecule has 0 aliphatic carbocycles. The number of aryl methyl sites for hydroxylation is 1. The Morgan fingerprint density at radius 1 is 1.09 bits per heavy atom. The molecule has 0 aliphatic rings. The van der Waals surface area contributed by atoms with Gasteiger partial charge in [-0.2, -0.15) is 0 Å². The summed E-state index contributed by atoms with van der Waals surface area (Å²) in [5, 5.41) is 1.76. The van der Waals surface area contributed by atoms with Crippen molar-refractivity contribution in [2.75, 3.05) is 5.73 Å². The summed E-state index contributed by atoms with van der Waals surface area (Å²) in [6.45, 7) is 2.18. The van der Waals surface area contributed by atoms with Crippen LogP contribution in [0.5, 0.6) is 0 Å². The van der Waals surface area contributed by atoms with Crippen LogP contribution >= 0.6 is 22.9 Å². The molecule has 0 fully saturated rings. The molecular weight excluding hydrogens is 324 g/mol. The minimum Gasteiger partial charge on any atom is -0.399 e. The van der Waals surface area contributed by atoms with Gasteiger partial charge in [-0.05, 0) is 30.2 Å². The third kappa shape index (κ3) is 3.74. The minimum atomic E-state index is 0.753. The summed E-state index contributed by atoms with van der Waals surface area (Å²) in [4.78, 5) is 6.17. The van der Waals surface area contributed by atoms with Crippen molar-refractivity contribution in [1.29, 1.82) is 0 Å². The molecule has 3 aromatic rings. The molecule has 0 saturated carbocycles. The van der Waals surface area contributed by atoms with Crippen LogP contribution in [0.25, 0.3) is 10.6 Å². The average Bonchev–Trinajstić information content (AvgIpc) is 2.93. The zero-order chi connectivity index (χ0) is 16.2. The van der Waals surface area contributed by atoms with Gasteiger partial charge in [-0.1, -0.05) is 55.3 Å². The number of thiazole rings is 1. The van der Waals surface area contributed by atoms with Crippen molar-refractivity contribution < 1.29 is 0 Å². The van der Waals surface area contributed by atoms with E-state index in [2.05, 4.69) is 19.1 Å². The Kier molecular flexibility index (Phi) is 4.99. The summed E-state index contributed by atoms with van der Waals surface area (Å²) in [5.74, 6) is 0. The maximum Gasteiger partial charge on any atom is 0.125 e. The maximum absolute atomic E-state index is 6.33. The van der Waals surface area contributed by atoms with Gasteiger partial charge in [-0.3, -0.25) is 0 Å². The van der Waals surface area contributed by atoms with Crippen LogP contribution in [0, 0.1) is 0 Å². The second-order valence-corrected chi connectivity index (χ2v) is 7.03. The van der Waals surface area contributed by atoms with Gasteiger partial charge in [0.2, 0.25) is 0 Å². The highest BCUT2D eigenvalue weighted by molar-refractivity contribution is 7.15. The number of nitrogens with two attached hydrogens (primary N) is 1. The predicted molar refractivity (Wildman–Crippen MR) is 100 cm³/mol. The van der Waals surface area contributed by atoms with Crippen molar-refractivity contribution in [3.05, 3.63) is 69.7 Å². The van der Waals surface area contributed by atoms with Gasteiger partial charge in [0.1, 0.15) is 5.01 Å². The van der Waals surface area contributed by atoms with E-state index in [0.29, 0.717) is 0 Å². The number of hydrogen-bond donors (Lipinski definition) is 1. The van der Waals surface area contributed by atoms with Gasteiger partial charge in [0, 0.05) is 22.5 Å². The summed E-state index contributed by atoms with van der Waals surface area (Å²) >= 11 is 8.07. The second kappa shape index (κ2) is 7.16. The van der Waals surface area contributed by atoms with Gasteiger partial charge in [0.15, 0.2) is 0 Å². The number of aromatic nitrogens is 1. The summed E-state index contributed by atoms with van der Waals surface area (Å²) < 4.78 is 0. The minimum absolute atomic E-state index is 0.753. The molecule has 0 bridgehead atoms. The number of halogens is 1. The Labute approximate surface area is 146 Å². The summed E-state index contributed by atoms with van der Waals surface area (Å²) in [5.41, 5.74) is 10.0. The highest BCUT2D eigenvalue weighted by Crippen LogP contribution is 2.34. The smallest absolute Gasteiger partial charge is 0.125 e. The fourth-order valence-electron chi connectivity index (χ4n) is 2.52. The lowest BCUT2D eigenvalue weighted by Crippen LogP contribution is -1.93. The van der Waals surface area contributed by atoms with Crippen LogP contribution in [0.15, 0.2) is 48.5 Å². The van der Waals surface area contributed by atoms with Crippen LogP contribution in [0.4, 0.5) is 5.69 Å². The van der Waals surface area contributed by atoms with E-state index in [4.69, 9.17) is 22.3 Å². The Hall–Kier alpha value is -1.84. The van der Waals surface area contributed by atoms with E-state index in [-0.39, 0.29) is 0 Å². The summed E-state index contributed by atoms with van der Waals surface area (Å²) in [6.07, 6.45) is 2.96. The number of hydrogen-bond acceptors (Lipinski definition) is 3. The third-order valence-corrected chi connectivity index (χ3v) is 5.17. The molecule has 23 heavy (non-hydrogen) atoms. The molecule has 2 aromatic carbocycles. The first-order chi connectivity index (χ1) is 11.2. The SMILES string of the molecule is CCCc1nc(-c2ccccc2Cl)sc1Cc1ccc(N)cc1. The lowest BCUT2D eigenvalue weighted by atomic mass is 10.1. The fourth-order valence-corrected chi connectivity index (χ4v) is 3.99. The molecule has 0 saturated heterocycles. The Balaban J connectivity index is 1.96. The molecule has 0 amide bonds. The summed E-state index contributed by atoms with van der Waals surface area (Å²) in [7, 11) is 0. The van der Waals surface area contributed by atoms with Crippen molar-refractivity contribution in [2.45, 2.75) is 26.2 Å². The molecule has 1 aromatic heterocycles. The van der Waals surface area contributed by atoms with Gasteiger partial charge in [0.05, 0.1) is 10.7 Å². The highest BCUT2D eigenvalue weighted by Gasteiger charge is 2.14. The van der Waals surface area contributed by atoms with Crippen molar-refractivity contribution in [1.82, 2.24) is 4.98 Å². The number of nitrogens with zero attached hydrogens (tertiary/aromatic N) is 1. The van der Waals surface area contributed by atoms with E-state index in [9.17, 15) is 0 Å². The molecule has 0 spiro atoms. The number of rotatable bonds is 5. The number of anilines is 1. The van der Waals surface area contributed by atoms with Gasteiger partial charge >= 0.3 is 0 Å². The molecule has 2 nitrogen and oxygen atoms in total. The molecule has 4 heteroatoms. The first-order valence-corrected chi connectivity index (χ1v) is 8.94. The monoisotopic (exact) mass is 342 g/mol. The lowest BCUT2D eigenvalue weighted by Gasteiger charge is -2.02. The first kappa shape index (κ1) is 16.0. The number of nitrogen functional groups attached to an aromatic ring is 1. The van der Waals surface area contributed by atoms with Crippen LogP contribution in [-0.4, -0.2) is 4.98 Å². The van der Waals surface area contributed by atoms with Gasteiger partial charge < -0.3 is 5.73 Å². The zero-order valence-electron chi connectivity index (χ0n) is 13.1. The maximum atomic E-state index is 6.33. The topological polar surface area (TPSA) is 38.9 Å². The molecule has 2 N–H and O–H groups in total. The molecule has 0 atom stereocenters. The Morgan fingerprint density at radius 2 is 1.83 bits per heavy atom. The zero-order valence-corrected chi connectivity index (χ0v) is 14.6. The average molecular weight is 343 g/mol. The Bertz CT molecular complexity index is 793. The molecular formula is C19H19ClN2S. The van der Waals surface area contributed by atoms with E-state index in [0.717, 1.165) is 40.5 Å². The van der Waals surface area contributed by atoms with Crippen molar-refractivity contribution in [3.8, 4) is 10.6 Å². The normalized spacial score (nSPS) is 10.9. The van der Waals surface area contributed by atoms with E-state index >= 15 is 0 Å². The van der Waals surface area contributed by atoms with Gasteiger partial charge in [0.25, 0.3) is 0 Å².